The number of halogens is 1. The lowest BCUT2D eigenvalue weighted by atomic mass is 9.85. The molecule has 0 heterocycles. The number of anilines is 1. The highest BCUT2D eigenvalue weighted by atomic mass is 35.5. The molecule has 1 unspecified atom stereocenters. The van der Waals surface area contributed by atoms with E-state index in [2.05, 4.69) is 0 Å². The molecule has 0 fully saturated rings. The van der Waals surface area contributed by atoms with Gasteiger partial charge in [0.2, 0.25) is 0 Å². The third-order valence-electron chi connectivity index (χ3n) is 2.59. The number of nitrogens with two attached hydrogens (primary N) is 1. The number of nitriles is 1. The summed E-state index contributed by atoms with van der Waals surface area (Å²) in [4.78, 5) is 11.8. The molecule has 1 aromatic carbocycles. The first kappa shape index (κ1) is 14.3. The molecule has 0 amide bonds. The number of ether oxygens (including phenoxy) is 1. The molecule has 0 bridgehead atoms. The summed E-state index contributed by atoms with van der Waals surface area (Å²) in [6.07, 6.45) is 0.173. The second-order valence-corrected chi connectivity index (χ2v) is 4.60. The van der Waals surface area contributed by atoms with Crippen LogP contribution in [0, 0.1) is 16.7 Å². The van der Waals surface area contributed by atoms with Crippen molar-refractivity contribution in [2.75, 3.05) is 12.3 Å². The number of carbonyl (C=O) groups is 1. The number of hydrogen-bond acceptors (Lipinski definition) is 4. The smallest absolute Gasteiger partial charge is 0.326 e. The lowest BCUT2D eigenvalue weighted by Gasteiger charge is -2.20. The summed E-state index contributed by atoms with van der Waals surface area (Å²) >= 11 is 6.02. The molecule has 1 atom stereocenters. The highest BCUT2D eigenvalue weighted by molar-refractivity contribution is 6.31. The van der Waals surface area contributed by atoms with Crippen molar-refractivity contribution in [2.24, 2.45) is 5.41 Å². The van der Waals surface area contributed by atoms with Crippen LogP contribution in [0.1, 0.15) is 19.4 Å². The van der Waals surface area contributed by atoms with E-state index in [4.69, 9.17) is 22.1 Å². The van der Waals surface area contributed by atoms with E-state index in [1.54, 1.807) is 25.1 Å². The van der Waals surface area contributed by atoms with Crippen molar-refractivity contribution in [3.63, 3.8) is 0 Å². The summed E-state index contributed by atoms with van der Waals surface area (Å²) in [5.74, 6) is -0.550. The highest BCUT2D eigenvalue weighted by Crippen LogP contribution is 2.29. The predicted molar refractivity (Wildman–Crippen MR) is 69.9 cm³/mol. The number of hydrogen-bond donors (Lipinski definition) is 1. The molecule has 0 aliphatic carbocycles. The Kier molecular flexibility index (Phi) is 4.57. The van der Waals surface area contributed by atoms with Crippen LogP contribution in [0.15, 0.2) is 18.2 Å². The Morgan fingerprint density at radius 1 is 1.61 bits per heavy atom. The first-order valence-electron chi connectivity index (χ1n) is 5.55. The van der Waals surface area contributed by atoms with Crippen molar-refractivity contribution in [2.45, 2.75) is 20.3 Å². The van der Waals surface area contributed by atoms with Gasteiger partial charge in [0, 0.05) is 17.1 Å². The van der Waals surface area contributed by atoms with E-state index in [0.717, 1.165) is 0 Å². The SMILES string of the molecule is CCOC(=O)C(C)(C#N)Cc1cc(N)ccc1Cl. The minimum atomic E-state index is -1.26. The van der Waals surface area contributed by atoms with E-state index in [9.17, 15) is 10.1 Å². The van der Waals surface area contributed by atoms with Crippen LogP contribution in [0.5, 0.6) is 0 Å². The fourth-order valence-corrected chi connectivity index (χ4v) is 1.74. The minimum Gasteiger partial charge on any atom is -0.465 e. The Morgan fingerprint density at radius 2 is 2.28 bits per heavy atom. The van der Waals surface area contributed by atoms with Crippen LogP contribution in [-0.4, -0.2) is 12.6 Å². The lowest BCUT2D eigenvalue weighted by molar-refractivity contribution is -0.151. The van der Waals surface area contributed by atoms with E-state index < -0.39 is 11.4 Å². The van der Waals surface area contributed by atoms with Crippen molar-refractivity contribution < 1.29 is 9.53 Å². The maximum absolute atomic E-state index is 11.8. The fraction of sp³-hybridized carbons (Fsp3) is 0.385. The standard InChI is InChI=1S/C13H15ClN2O2/c1-3-18-12(17)13(2,8-15)7-9-6-10(16)4-5-11(9)14/h4-6H,3,7,16H2,1-2H3. The van der Waals surface area contributed by atoms with Gasteiger partial charge in [-0.15, -0.1) is 0 Å². The van der Waals surface area contributed by atoms with Crippen LogP contribution in [0.25, 0.3) is 0 Å². The van der Waals surface area contributed by atoms with E-state index in [0.29, 0.717) is 16.3 Å². The van der Waals surface area contributed by atoms with E-state index in [-0.39, 0.29) is 13.0 Å². The van der Waals surface area contributed by atoms with Crippen molar-refractivity contribution >= 4 is 23.3 Å². The molecule has 96 valence electrons. The lowest BCUT2D eigenvalue weighted by Crippen LogP contribution is -2.30. The summed E-state index contributed by atoms with van der Waals surface area (Å²) < 4.78 is 4.90. The number of carbonyl (C=O) groups excluding carboxylic acids is 1. The number of rotatable bonds is 4. The molecular weight excluding hydrogens is 252 g/mol. The van der Waals surface area contributed by atoms with Gasteiger partial charge in [0.15, 0.2) is 5.41 Å². The number of benzene rings is 1. The Morgan fingerprint density at radius 3 is 2.83 bits per heavy atom. The molecule has 0 saturated heterocycles. The van der Waals surface area contributed by atoms with Crippen LogP contribution < -0.4 is 5.73 Å². The van der Waals surface area contributed by atoms with Gasteiger partial charge in [-0.3, -0.25) is 4.79 Å². The second-order valence-electron chi connectivity index (χ2n) is 4.19. The maximum atomic E-state index is 11.8. The van der Waals surface area contributed by atoms with Crippen LogP contribution in [0.3, 0.4) is 0 Å². The first-order valence-corrected chi connectivity index (χ1v) is 5.93. The van der Waals surface area contributed by atoms with Crippen molar-refractivity contribution in [1.82, 2.24) is 0 Å². The van der Waals surface area contributed by atoms with Gasteiger partial charge in [-0.2, -0.15) is 5.26 Å². The summed E-state index contributed by atoms with van der Waals surface area (Å²) in [6, 6.07) is 6.96. The summed E-state index contributed by atoms with van der Waals surface area (Å²) in [6.45, 7) is 3.47. The Labute approximate surface area is 111 Å². The summed E-state index contributed by atoms with van der Waals surface area (Å²) in [5.41, 5.74) is 5.61. The Bertz CT molecular complexity index is 496. The normalized spacial score (nSPS) is 13.4. The largest absolute Gasteiger partial charge is 0.465 e. The molecule has 0 aliphatic rings. The van der Waals surface area contributed by atoms with Crippen molar-refractivity contribution in [3.05, 3.63) is 28.8 Å². The van der Waals surface area contributed by atoms with Gasteiger partial charge in [-0.25, -0.2) is 0 Å². The molecule has 1 rings (SSSR count). The predicted octanol–water partition coefficient (Wildman–Crippen LogP) is 2.56. The summed E-state index contributed by atoms with van der Waals surface area (Å²) in [5, 5.41) is 9.66. The average Bonchev–Trinajstić information content (AvgIpc) is 2.34. The monoisotopic (exact) mass is 266 g/mol. The van der Waals surface area contributed by atoms with Crippen molar-refractivity contribution in [1.29, 1.82) is 5.26 Å². The fourth-order valence-electron chi connectivity index (χ4n) is 1.56. The maximum Gasteiger partial charge on any atom is 0.326 e. The van der Waals surface area contributed by atoms with E-state index in [1.165, 1.54) is 6.92 Å². The van der Waals surface area contributed by atoms with Crippen LogP contribution in [0.2, 0.25) is 5.02 Å². The zero-order valence-corrected chi connectivity index (χ0v) is 11.1. The van der Waals surface area contributed by atoms with Crippen LogP contribution in [-0.2, 0) is 16.0 Å². The molecule has 4 nitrogen and oxygen atoms in total. The Hall–Kier alpha value is -1.73. The molecule has 0 aliphatic heterocycles. The number of nitrogen functional groups attached to an aromatic ring is 1. The van der Waals surface area contributed by atoms with Gasteiger partial charge in [-0.1, -0.05) is 11.6 Å². The topological polar surface area (TPSA) is 76.1 Å². The summed E-state index contributed by atoms with van der Waals surface area (Å²) in [7, 11) is 0. The average molecular weight is 267 g/mol. The zero-order valence-electron chi connectivity index (χ0n) is 10.4. The van der Waals surface area contributed by atoms with Gasteiger partial charge in [0.1, 0.15) is 0 Å². The van der Waals surface area contributed by atoms with Gasteiger partial charge in [-0.05, 0) is 37.6 Å². The molecule has 1 aromatic rings. The molecule has 0 spiro atoms. The van der Waals surface area contributed by atoms with Crippen LogP contribution >= 0.6 is 11.6 Å². The number of esters is 1. The highest BCUT2D eigenvalue weighted by Gasteiger charge is 2.35. The molecule has 0 saturated carbocycles. The molecule has 2 N–H and O–H groups in total. The van der Waals surface area contributed by atoms with Gasteiger partial charge in [0.25, 0.3) is 0 Å². The molecular formula is C13H15ClN2O2. The van der Waals surface area contributed by atoms with Gasteiger partial charge < -0.3 is 10.5 Å². The Balaban J connectivity index is 3.02. The third kappa shape index (κ3) is 3.14. The third-order valence-corrected chi connectivity index (χ3v) is 2.96. The van der Waals surface area contributed by atoms with E-state index in [1.807, 2.05) is 6.07 Å². The van der Waals surface area contributed by atoms with Crippen molar-refractivity contribution in [3.8, 4) is 6.07 Å². The minimum absolute atomic E-state index is 0.173. The molecule has 0 radical (unpaired) electrons. The quantitative estimate of drug-likeness (QED) is 0.671. The second kappa shape index (κ2) is 5.74. The first-order chi connectivity index (χ1) is 8.42. The molecule has 0 aromatic heterocycles. The molecule has 5 heteroatoms. The van der Waals surface area contributed by atoms with E-state index >= 15 is 0 Å². The number of nitrogens with zero attached hydrogens (tertiary/aromatic N) is 1. The van der Waals surface area contributed by atoms with Crippen LogP contribution in [0.4, 0.5) is 5.69 Å². The molecule has 18 heavy (non-hydrogen) atoms. The van der Waals surface area contributed by atoms with Gasteiger partial charge >= 0.3 is 5.97 Å². The zero-order chi connectivity index (χ0) is 13.8. The van der Waals surface area contributed by atoms with Gasteiger partial charge in [0.05, 0.1) is 12.7 Å².